The van der Waals surface area contributed by atoms with Crippen LogP contribution in [-0.2, 0) is 5.41 Å². The molecule has 0 aliphatic heterocycles. The van der Waals surface area contributed by atoms with Crippen LogP contribution in [0.25, 0.3) is 54.4 Å². The molecule has 0 N–H and O–H groups in total. The molecule has 0 unspecified atom stereocenters. The molecule has 8 rings (SSSR count). The maximum absolute atomic E-state index is 4.79. The standard InChI is InChI=1S/C36H27N5/c1-36(2,3)26-16-12-22-11-15-25-29(17-13-23-10-14-24(26)32(22)33(23)25)41(30-8-4-6-27-34(30)39-20-18-37-27)31-9-5-7-28-35(31)40-21-19-38-28/h4-21H,1-3H3. The molecule has 0 saturated carbocycles. The number of nitrogens with zero attached hydrogens (tertiary/aromatic N) is 5. The molecule has 0 bridgehead atoms. The zero-order valence-corrected chi connectivity index (χ0v) is 23.1. The molecule has 0 fully saturated rings. The quantitative estimate of drug-likeness (QED) is 0.214. The number of benzene rings is 6. The number of hydrogen-bond donors (Lipinski definition) is 0. The van der Waals surface area contributed by atoms with Gasteiger partial charge in [-0.25, -0.2) is 0 Å². The van der Waals surface area contributed by atoms with Crippen molar-refractivity contribution in [2.75, 3.05) is 4.90 Å². The Labute approximate surface area is 237 Å². The van der Waals surface area contributed by atoms with Gasteiger partial charge in [0.1, 0.15) is 11.0 Å². The lowest BCUT2D eigenvalue weighted by atomic mass is 9.81. The summed E-state index contributed by atoms with van der Waals surface area (Å²) in [5, 5.41) is 7.54. The van der Waals surface area contributed by atoms with Crippen LogP contribution in [0.2, 0.25) is 0 Å². The highest BCUT2D eigenvalue weighted by molar-refractivity contribution is 6.26. The average molecular weight is 530 g/mol. The summed E-state index contributed by atoms with van der Waals surface area (Å²) in [6.45, 7) is 6.86. The topological polar surface area (TPSA) is 54.8 Å². The van der Waals surface area contributed by atoms with Crippen molar-refractivity contribution >= 4 is 71.4 Å². The molecule has 2 heterocycles. The molecule has 6 aromatic carbocycles. The number of hydrogen-bond acceptors (Lipinski definition) is 5. The lowest BCUT2D eigenvalue weighted by Gasteiger charge is -2.29. The second-order valence-electron chi connectivity index (χ2n) is 11.6. The third-order valence-corrected chi connectivity index (χ3v) is 8.13. The van der Waals surface area contributed by atoms with Crippen LogP contribution in [0.5, 0.6) is 0 Å². The Balaban J connectivity index is 1.52. The van der Waals surface area contributed by atoms with Crippen molar-refractivity contribution in [1.82, 2.24) is 19.9 Å². The fourth-order valence-electron chi connectivity index (χ4n) is 6.34. The summed E-state index contributed by atoms with van der Waals surface area (Å²) in [5.41, 5.74) is 7.68. The maximum Gasteiger partial charge on any atom is 0.113 e. The van der Waals surface area contributed by atoms with Gasteiger partial charge in [0.25, 0.3) is 0 Å². The molecule has 196 valence electrons. The van der Waals surface area contributed by atoms with Gasteiger partial charge in [-0.3, -0.25) is 19.9 Å². The number of anilines is 3. The predicted octanol–water partition coefficient (Wildman–Crippen LogP) is 9.24. The van der Waals surface area contributed by atoms with Crippen LogP contribution in [0.4, 0.5) is 17.1 Å². The van der Waals surface area contributed by atoms with Crippen LogP contribution >= 0.6 is 0 Å². The zero-order valence-electron chi connectivity index (χ0n) is 23.1. The Morgan fingerprint density at radius 2 is 1.00 bits per heavy atom. The van der Waals surface area contributed by atoms with Gasteiger partial charge in [-0.15, -0.1) is 0 Å². The molecule has 0 aliphatic carbocycles. The number of fused-ring (bicyclic) bond motifs is 2. The minimum Gasteiger partial charge on any atom is -0.305 e. The molecular weight excluding hydrogens is 502 g/mol. The Bertz CT molecular complexity index is 2170. The monoisotopic (exact) mass is 529 g/mol. The Hall–Kier alpha value is -5.16. The summed E-state index contributed by atoms with van der Waals surface area (Å²) in [6, 6.07) is 30.4. The van der Waals surface area contributed by atoms with Gasteiger partial charge in [0.15, 0.2) is 0 Å². The van der Waals surface area contributed by atoms with Crippen LogP contribution in [0.1, 0.15) is 26.3 Å². The molecule has 0 spiro atoms. The van der Waals surface area contributed by atoms with E-state index in [9.17, 15) is 0 Å². The highest BCUT2D eigenvalue weighted by Crippen LogP contribution is 2.47. The first-order chi connectivity index (χ1) is 20.0. The van der Waals surface area contributed by atoms with Crippen LogP contribution < -0.4 is 4.90 Å². The van der Waals surface area contributed by atoms with Crippen LogP contribution in [0.15, 0.2) is 110 Å². The molecule has 5 heteroatoms. The number of aromatic nitrogens is 4. The van der Waals surface area contributed by atoms with E-state index in [0.717, 1.165) is 39.1 Å². The smallest absolute Gasteiger partial charge is 0.113 e. The minimum atomic E-state index is 0.0282. The molecule has 41 heavy (non-hydrogen) atoms. The molecule has 0 atom stereocenters. The van der Waals surface area contributed by atoms with E-state index in [1.165, 1.54) is 37.9 Å². The van der Waals surface area contributed by atoms with Gasteiger partial charge in [0.05, 0.1) is 28.1 Å². The first kappa shape index (κ1) is 23.7. The van der Waals surface area contributed by atoms with E-state index < -0.39 is 0 Å². The molecule has 8 aromatic rings. The predicted molar refractivity (Wildman–Crippen MR) is 170 cm³/mol. The fourth-order valence-corrected chi connectivity index (χ4v) is 6.34. The zero-order chi connectivity index (χ0) is 27.7. The molecule has 0 saturated heterocycles. The van der Waals surface area contributed by atoms with Crippen molar-refractivity contribution in [2.24, 2.45) is 0 Å². The Kier molecular flexibility index (Phi) is 5.01. The van der Waals surface area contributed by atoms with Gasteiger partial charge < -0.3 is 4.90 Å². The van der Waals surface area contributed by atoms with Gasteiger partial charge >= 0.3 is 0 Å². The molecule has 0 radical (unpaired) electrons. The third kappa shape index (κ3) is 3.55. The van der Waals surface area contributed by atoms with Crippen molar-refractivity contribution < 1.29 is 0 Å². The molecule has 2 aromatic heterocycles. The second-order valence-corrected chi connectivity index (χ2v) is 11.6. The molecule has 0 aliphatic rings. The van der Waals surface area contributed by atoms with E-state index >= 15 is 0 Å². The van der Waals surface area contributed by atoms with Crippen LogP contribution in [0.3, 0.4) is 0 Å². The number of para-hydroxylation sites is 2. The van der Waals surface area contributed by atoms with E-state index in [2.05, 4.69) is 96.3 Å². The Morgan fingerprint density at radius 1 is 0.488 bits per heavy atom. The fraction of sp³-hybridized carbons (Fsp3) is 0.111. The second kappa shape index (κ2) is 8.67. The Morgan fingerprint density at radius 3 is 1.61 bits per heavy atom. The van der Waals surface area contributed by atoms with Gasteiger partial charge in [0.2, 0.25) is 0 Å². The lowest BCUT2D eigenvalue weighted by molar-refractivity contribution is 0.596. The van der Waals surface area contributed by atoms with E-state index in [-0.39, 0.29) is 5.41 Å². The van der Waals surface area contributed by atoms with Crippen molar-refractivity contribution in [1.29, 1.82) is 0 Å². The van der Waals surface area contributed by atoms with Gasteiger partial charge in [-0.1, -0.05) is 75.4 Å². The van der Waals surface area contributed by atoms with Crippen LogP contribution in [-0.4, -0.2) is 19.9 Å². The van der Waals surface area contributed by atoms with E-state index in [0.29, 0.717) is 0 Å². The van der Waals surface area contributed by atoms with Crippen molar-refractivity contribution in [2.45, 2.75) is 26.2 Å². The maximum atomic E-state index is 4.79. The summed E-state index contributed by atoms with van der Waals surface area (Å²) < 4.78 is 0. The highest BCUT2D eigenvalue weighted by Gasteiger charge is 2.24. The summed E-state index contributed by atoms with van der Waals surface area (Å²) in [4.78, 5) is 21.1. The van der Waals surface area contributed by atoms with E-state index in [4.69, 9.17) is 9.97 Å². The average Bonchev–Trinajstić information content (AvgIpc) is 3.00. The van der Waals surface area contributed by atoms with E-state index in [1.807, 2.05) is 24.3 Å². The highest BCUT2D eigenvalue weighted by atomic mass is 15.2. The van der Waals surface area contributed by atoms with Gasteiger partial charge in [0, 0.05) is 30.2 Å². The van der Waals surface area contributed by atoms with Crippen molar-refractivity contribution in [3.63, 3.8) is 0 Å². The largest absolute Gasteiger partial charge is 0.305 e. The number of rotatable bonds is 3. The summed E-state index contributed by atoms with van der Waals surface area (Å²) >= 11 is 0. The van der Waals surface area contributed by atoms with Crippen molar-refractivity contribution in [3.8, 4) is 0 Å². The normalized spacial score (nSPS) is 12.3. The first-order valence-corrected chi connectivity index (χ1v) is 13.9. The summed E-state index contributed by atoms with van der Waals surface area (Å²) in [6.07, 6.45) is 6.99. The summed E-state index contributed by atoms with van der Waals surface area (Å²) in [5.74, 6) is 0. The van der Waals surface area contributed by atoms with Crippen molar-refractivity contribution in [3.05, 3.63) is 115 Å². The van der Waals surface area contributed by atoms with Gasteiger partial charge in [-0.2, -0.15) is 0 Å². The SMILES string of the molecule is CC(C)(C)c1ccc2ccc3c(N(c4cccc5nccnc45)c4cccc5nccnc45)ccc4ccc1c2c43. The molecular formula is C36H27N5. The molecule has 5 nitrogen and oxygen atoms in total. The lowest BCUT2D eigenvalue weighted by Crippen LogP contribution is -2.13. The molecule has 0 amide bonds. The third-order valence-electron chi connectivity index (χ3n) is 8.13. The van der Waals surface area contributed by atoms with E-state index in [1.54, 1.807) is 24.8 Å². The minimum absolute atomic E-state index is 0.0282. The first-order valence-electron chi connectivity index (χ1n) is 13.9. The van der Waals surface area contributed by atoms with Crippen LogP contribution in [0, 0.1) is 0 Å². The van der Waals surface area contributed by atoms with Gasteiger partial charge in [-0.05, 0) is 68.2 Å². The summed E-state index contributed by atoms with van der Waals surface area (Å²) in [7, 11) is 0.